The predicted octanol–water partition coefficient (Wildman–Crippen LogP) is 1.72. The standard InChI is InChI=1S/C12H18BrN3OS/c1-8(14)12(9-2-3-10(13)18-9)16-6-4-11(17)15-5-7-16/h2-3,8,12H,4-7,14H2,1H3,(H,15,17). The number of nitrogens with one attached hydrogen (secondary N) is 1. The van der Waals surface area contributed by atoms with E-state index in [4.69, 9.17) is 5.73 Å². The summed E-state index contributed by atoms with van der Waals surface area (Å²) in [5.74, 6) is 0.133. The number of nitrogens with zero attached hydrogens (tertiary/aromatic N) is 1. The van der Waals surface area contributed by atoms with E-state index < -0.39 is 0 Å². The summed E-state index contributed by atoms with van der Waals surface area (Å²) in [6.45, 7) is 4.36. The van der Waals surface area contributed by atoms with Gasteiger partial charge in [-0.15, -0.1) is 11.3 Å². The molecule has 0 saturated carbocycles. The number of hydrogen-bond donors (Lipinski definition) is 2. The second kappa shape index (κ2) is 6.14. The van der Waals surface area contributed by atoms with E-state index in [0.717, 1.165) is 16.9 Å². The summed E-state index contributed by atoms with van der Waals surface area (Å²) < 4.78 is 1.12. The summed E-state index contributed by atoms with van der Waals surface area (Å²) in [5.41, 5.74) is 6.14. The van der Waals surface area contributed by atoms with Gasteiger partial charge in [0.2, 0.25) is 5.91 Å². The van der Waals surface area contributed by atoms with Crippen molar-refractivity contribution in [2.75, 3.05) is 19.6 Å². The molecule has 3 N–H and O–H groups in total. The number of nitrogens with two attached hydrogens (primary N) is 1. The second-order valence-electron chi connectivity index (χ2n) is 4.58. The van der Waals surface area contributed by atoms with Gasteiger partial charge in [0, 0.05) is 37.0 Å². The van der Waals surface area contributed by atoms with Crippen molar-refractivity contribution in [1.82, 2.24) is 10.2 Å². The van der Waals surface area contributed by atoms with Crippen LogP contribution in [0.25, 0.3) is 0 Å². The highest BCUT2D eigenvalue weighted by Gasteiger charge is 2.27. The van der Waals surface area contributed by atoms with Gasteiger partial charge in [0.15, 0.2) is 0 Å². The van der Waals surface area contributed by atoms with E-state index in [1.54, 1.807) is 11.3 Å². The normalized spacial score (nSPS) is 21.2. The average molecular weight is 332 g/mol. The smallest absolute Gasteiger partial charge is 0.221 e. The number of carbonyl (C=O) groups excluding carboxylic acids is 1. The van der Waals surface area contributed by atoms with E-state index in [1.807, 2.05) is 6.92 Å². The van der Waals surface area contributed by atoms with Crippen molar-refractivity contribution in [1.29, 1.82) is 0 Å². The van der Waals surface area contributed by atoms with Gasteiger partial charge in [-0.3, -0.25) is 9.69 Å². The van der Waals surface area contributed by atoms with Gasteiger partial charge in [-0.25, -0.2) is 0 Å². The van der Waals surface area contributed by atoms with Gasteiger partial charge >= 0.3 is 0 Å². The molecule has 4 nitrogen and oxygen atoms in total. The molecule has 1 fully saturated rings. The van der Waals surface area contributed by atoms with Gasteiger partial charge in [-0.1, -0.05) is 0 Å². The molecule has 1 aromatic heterocycles. The Kier molecular flexibility index (Phi) is 4.77. The Balaban J connectivity index is 2.17. The molecule has 6 heteroatoms. The number of amides is 1. The molecular weight excluding hydrogens is 314 g/mol. The van der Waals surface area contributed by atoms with E-state index in [-0.39, 0.29) is 18.0 Å². The summed E-state index contributed by atoms with van der Waals surface area (Å²) in [7, 11) is 0. The molecule has 1 saturated heterocycles. The minimum absolute atomic E-state index is 0.0451. The molecule has 0 bridgehead atoms. The molecule has 0 spiro atoms. The number of thiophene rings is 1. The SMILES string of the molecule is CC(N)C(c1ccc(Br)s1)N1CCNC(=O)CC1. The van der Waals surface area contributed by atoms with E-state index in [2.05, 4.69) is 38.3 Å². The topological polar surface area (TPSA) is 58.4 Å². The summed E-state index contributed by atoms with van der Waals surface area (Å²) >= 11 is 5.21. The van der Waals surface area contributed by atoms with Crippen molar-refractivity contribution < 1.29 is 4.79 Å². The van der Waals surface area contributed by atoms with E-state index in [1.165, 1.54) is 4.88 Å². The fourth-order valence-electron chi connectivity index (χ4n) is 2.32. The lowest BCUT2D eigenvalue weighted by Crippen LogP contribution is -2.40. The molecule has 0 aliphatic carbocycles. The molecule has 0 radical (unpaired) electrons. The third-order valence-electron chi connectivity index (χ3n) is 3.12. The van der Waals surface area contributed by atoms with Crippen molar-refractivity contribution in [2.24, 2.45) is 5.73 Å². The molecule has 2 atom stereocenters. The first-order valence-corrected chi connectivity index (χ1v) is 7.70. The van der Waals surface area contributed by atoms with Crippen LogP contribution in [0.15, 0.2) is 15.9 Å². The quantitative estimate of drug-likeness (QED) is 0.886. The van der Waals surface area contributed by atoms with E-state index >= 15 is 0 Å². The monoisotopic (exact) mass is 331 g/mol. The average Bonchev–Trinajstić information content (AvgIpc) is 2.60. The van der Waals surface area contributed by atoms with Crippen molar-refractivity contribution in [3.05, 3.63) is 20.8 Å². The first-order valence-electron chi connectivity index (χ1n) is 6.09. The van der Waals surface area contributed by atoms with Gasteiger partial charge in [0.25, 0.3) is 0 Å². The molecule has 1 aliphatic heterocycles. The van der Waals surface area contributed by atoms with Crippen molar-refractivity contribution in [3.63, 3.8) is 0 Å². The lowest BCUT2D eigenvalue weighted by Gasteiger charge is -2.32. The molecule has 18 heavy (non-hydrogen) atoms. The molecule has 2 rings (SSSR count). The second-order valence-corrected chi connectivity index (χ2v) is 7.08. The molecule has 1 aromatic rings. The summed E-state index contributed by atoms with van der Waals surface area (Å²) in [6, 6.07) is 4.40. The van der Waals surface area contributed by atoms with Crippen LogP contribution in [0, 0.1) is 0 Å². The zero-order valence-corrected chi connectivity index (χ0v) is 12.8. The highest BCUT2D eigenvalue weighted by Crippen LogP contribution is 2.32. The van der Waals surface area contributed by atoms with Gasteiger partial charge in [-0.2, -0.15) is 0 Å². The maximum atomic E-state index is 11.4. The Morgan fingerprint density at radius 1 is 1.50 bits per heavy atom. The van der Waals surface area contributed by atoms with Crippen LogP contribution in [0.3, 0.4) is 0 Å². The predicted molar refractivity (Wildman–Crippen MR) is 77.6 cm³/mol. The molecule has 1 amide bonds. The van der Waals surface area contributed by atoms with Crippen LogP contribution in [-0.4, -0.2) is 36.5 Å². The van der Waals surface area contributed by atoms with Crippen LogP contribution in [-0.2, 0) is 4.79 Å². The van der Waals surface area contributed by atoms with Crippen LogP contribution >= 0.6 is 27.3 Å². The van der Waals surface area contributed by atoms with E-state index in [9.17, 15) is 4.79 Å². The molecule has 2 unspecified atom stereocenters. The van der Waals surface area contributed by atoms with Crippen LogP contribution in [0.2, 0.25) is 0 Å². The Bertz CT molecular complexity index is 421. The van der Waals surface area contributed by atoms with Crippen molar-refractivity contribution in [3.8, 4) is 0 Å². The largest absolute Gasteiger partial charge is 0.355 e. The fraction of sp³-hybridized carbons (Fsp3) is 0.583. The minimum Gasteiger partial charge on any atom is -0.355 e. The maximum absolute atomic E-state index is 11.4. The van der Waals surface area contributed by atoms with Gasteiger partial charge in [-0.05, 0) is 35.0 Å². The van der Waals surface area contributed by atoms with Crippen LogP contribution in [0.5, 0.6) is 0 Å². The number of halogens is 1. The first kappa shape index (κ1) is 14.0. The number of carbonyl (C=O) groups is 1. The molecule has 0 aromatic carbocycles. The molecular formula is C12H18BrN3OS. The summed E-state index contributed by atoms with van der Waals surface area (Å²) in [4.78, 5) is 14.9. The molecule has 100 valence electrons. The van der Waals surface area contributed by atoms with Crippen LogP contribution in [0.1, 0.15) is 24.3 Å². The first-order chi connectivity index (χ1) is 8.58. The lowest BCUT2D eigenvalue weighted by molar-refractivity contribution is -0.120. The Hall–Kier alpha value is -0.430. The number of rotatable bonds is 3. The third-order valence-corrected chi connectivity index (χ3v) is 4.82. The highest BCUT2D eigenvalue weighted by molar-refractivity contribution is 9.11. The Morgan fingerprint density at radius 3 is 2.89 bits per heavy atom. The fourth-order valence-corrected chi connectivity index (χ4v) is 4.00. The minimum atomic E-state index is 0.0451. The van der Waals surface area contributed by atoms with Gasteiger partial charge in [0.05, 0.1) is 9.83 Å². The molecule has 1 aliphatic rings. The van der Waals surface area contributed by atoms with Crippen molar-refractivity contribution >= 4 is 33.2 Å². The van der Waals surface area contributed by atoms with Crippen LogP contribution < -0.4 is 11.1 Å². The summed E-state index contributed by atoms with van der Waals surface area (Å²) in [6.07, 6.45) is 0.551. The van der Waals surface area contributed by atoms with Gasteiger partial charge in [0.1, 0.15) is 0 Å². The Morgan fingerprint density at radius 2 is 2.28 bits per heavy atom. The van der Waals surface area contributed by atoms with Crippen molar-refractivity contribution in [2.45, 2.75) is 25.4 Å². The van der Waals surface area contributed by atoms with Gasteiger partial charge < -0.3 is 11.1 Å². The summed E-state index contributed by atoms with van der Waals surface area (Å²) in [5, 5.41) is 2.90. The Labute approximate surface area is 120 Å². The zero-order valence-electron chi connectivity index (χ0n) is 10.4. The third kappa shape index (κ3) is 3.32. The molecule has 2 heterocycles. The zero-order chi connectivity index (χ0) is 13.1. The number of hydrogen-bond acceptors (Lipinski definition) is 4. The lowest BCUT2D eigenvalue weighted by atomic mass is 10.1. The maximum Gasteiger partial charge on any atom is 0.221 e. The highest BCUT2D eigenvalue weighted by atomic mass is 79.9. The van der Waals surface area contributed by atoms with Crippen LogP contribution in [0.4, 0.5) is 0 Å². The van der Waals surface area contributed by atoms with E-state index in [0.29, 0.717) is 13.0 Å².